The van der Waals surface area contributed by atoms with Crippen LogP contribution >= 0.6 is 0 Å². The zero-order valence-electron chi connectivity index (χ0n) is 16.8. The molecule has 3 aromatic rings. The predicted molar refractivity (Wildman–Crippen MR) is 114 cm³/mol. The van der Waals surface area contributed by atoms with Crippen LogP contribution in [0.15, 0.2) is 60.8 Å². The zero-order chi connectivity index (χ0) is 19.2. The van der Waals surface area contributed by atoms with E-state index < -0.39 is 0 Å². The van der Waals surface area contributed by atoms with Gasteiger partial charge in [-0.2, -0.15) is 5.10 Å². The minimum absolute atomic E-state index is 0.784. The van der Waals surface area contributed by atoms with Crippen molar-refractivity contribution in [1.29, 1.82) is 0 Å². The Morgan fingerprint density at radius 3 is 2.48 bits per heavy atom. The van der Waals surface area contributed by atoms with Gasteiger partial charge in [0.05, 0.1) is 6.20 Å². The van der Waals surface area contributed by atoms with Crippen LogP contribution < -0.4 is 5.32 Å². The number of nitrogens with zero attached hydrogens (tertiary/aromatic N) is 2. The fraction of sp³-hybridized carbons (Fsp3) is 0.292. The Balaban J connectivity index is 1.84. The Bertz CT molecular complexity index is 934. The lowest BCUT2D eigenvalue weighted by molar-refractivity contribution is 0.751. The second kappa shape index (κ2) is 8.72. The number of hydrogen-bond donors (Lipinski definition) is 1. The summed E-state index contributed by atoms with van der Waals surface area (Å²) in [5, 5.41) is 8.19. The molecule has 27 heavy (non-hydrogen) atoms. The van der Waals surface area contributed by atoms with E-state index in [1.54, 1.807) is 0 Å². The summed E-state index contributed by atoms with van der Waals surface area (Å²) >= 11 is 0. The van der Waals surface area contributed by atoms with E-state index in [4.69, 9.17) is 0 Å². The molecule has 1 N–H and O–H groups in total. The number of nitrogens with one attached hydrogen (secondary N) is 1. The van der Waals surface area contributed by atoms with Crippen molar-refractivity contribution in [2.45, 2.75) is 47.1 Å². The highest BCUT2D eigenvalue weighted by atomic mass is 15.3. The molecule has 0 atom stereocenters. The molecule has 140 valence electrons. The van der Waals surface area contributed by atoms with Crippen LogP contribution in [0.4, 0.5) is 0 Å². The summed E-state index contributed by atoms with van der Waals surface area (Å²) in [6.07, 6.45) is 6.10. The molecule has 3 rings (SSSR count). The molecule has 2 aromatic carbocycles. The molecular formula is C24H29N3. The maximum absolute atomic E-state index is 4.58. The van der Waals surface area contributed by atoms with Crippen LogP contribution in [0.25, 0.3) is 5.82 Å². The molecule has 1 aromatic heterocycles. The minimum Gasteiger partial charge on any atom is -0.366 e. The summed E-state index contributed by atoms with van der Waals surface area (Å²) in [6, 6.07) is 17.3. The van der Waals surface area contributed by atoms with E-state index >= 15 is 0 Å². The topological polar surface area (TPSA) is 29.9 Å². The first-order valence-corrected chi connectivity index (χ1v) is 9.66. The van der Waals surface area contributed by atoms with Crippen LogP contribution in [0.1, 0.15) is 40.4 Å². The first-order valence-electron chi connectivity index (χ1n) is 9.66. The number of aryl methyl sites for hydroxylation is 3. The lowest BCUT2D eigenvalue weighted by Gasteiger charge is -2.14. The molecule has 0 aliphatic rings. The molecule has 3 heteroatoms. The standard InChI is InChI=1S/C24H29N3/c1-5-21-10-8-11-22(15-21)17-25-24(27-20(4)19(3)16-26-27)14-13-23-12-7-6-9-18(23)2/h6-12,14-16,25H,5,13,17H2,1-4H3/b24-14-. The third-order valence-corrected chi connectivity index (χ3v) is 5.13. The first kappa shape index (κ1) is 19.0. The molecule has 0 aliphatic heterocycles. The van der Waals surface area contributed by atoms with Crippen LogP contribution in [-0.4, -0.2) is 9.78 Å². The van der Waals surface area contributed by atoms with Crippen LogP contribution in [0.2, 0.25) is 0 Å². The van der Waals surface area contributed by atoms with Crippen molar-refractivity contribution < 1.29 is 0 Å². The van der Waals surface area contributed by atoms with Gasteiger partial charge in [0.1, 0.15) is 5.82 Å². The monoisotopic (exact) mass is 359 g/mol. The molecule has 0 saturated heterocycles. The Kier molecular flexibility index (Phi) is 6.12. The summed E-state index contributed by atoms with van der Waals surface area (Å²) in [5.41, 5.74) is 7.68. The third-order valence-electron chi connectivity index (χ3n) is 5.13. The highest BCUT2D eigenvalue weighted by Gasteiger charge is 2.08. The zero-order valence-corrected chi connectivity index (χ0v) is 16.8. The van der Waals surface area contributed by atoms with Gasteiger partial charge in [-0.05, 0) is 67.5 Å². The van der Waals surface area contributed by atoms with Crippen molar-refractivity contribution in [3.8, 4) is 0 Å². The van der Waals surface area contributed by atoms with E-state index in [-0.39, 0.29) is 0 Å². The van der Waals surface area contributed by atoms with Gasteiger partial charge in [-0.25, -0.2) is 4.68 Å². The summed E-state index contributed by atoms with van der Waals surface area (Å²) in [4.78, 5) is 0. The molecule has 0 saturated carbocycles. The van der Waals surface area contributed by atoms with E-state index in [0.717, 1.165) is 25.2 Å². The molecule has 0 amide bonds. The SMILES string of the molecule is CCc1cccc(CN/C(=C/Cc2ccccc2C)n2ncc(C)c2C)c1. The van der Waals surface area contributed by atoms with E-state index in [0.29, 0.717) is 0 Å². The second-order valence-corrected chi connectivity index (χ2v) is 7.07. The summed E-state index contributed by atoms with van der Waals surface area (Å²) in [7, 11) is 0. The van der Waals surface area contributed by atoms with Gasteiger partial charge in [-0.15, -0.1) is 0 Å². The maximum Gasteiger partial charge on any atom is 0.124 e. The number of allylic oxidation sites excluding steroid dienone is 1. The lowest BCUT2D eigenvalue weighted by atomic mass is 10.1. The van der Waals surface area contributed by atoms with Crippen LogP contribution in [-0.2, 0) is 19.4 Å². The first-order chi connectivity index (χ1) is 13.1. The Morgan fingerprint density at radius 1 is 1.00 bits per heavy atom. The Hall–Kier alpha value is -2.81. The van der Waals surface area contributed by atoms with Gasteiger partial charge in [-0.1, -0.05) is 55.5 Å². The minimum atomic E-state index is 0.784. The summed E-state index contributed by atoms with van der Waals surface area (Å²) in [6.45, 7) is 9.35. The molecule has 0 unspecified atom stereocenters. The molecule has 0 fully saturated rings. The van der Waals surface area contributed by atoms with Crippen molar-refractivity contribution in [1.82, 2.24) is 15.1 Å². The van der Waals surface area contributed by atoms with Gasteiger partial charge in [0.2, 0.25) is 0 Å². The maximum atomic E-state index is 4.58. The molecule has 0 bridgehead atoms. The fourth-order valence-corrected chi connectivity index (χ4v) is 3.17. The quantitative estimate of drug-likeness (QED) is 0.628. The van der Waals surface area contributed by atoms with E-state index in [2.05, 4.69) is 92.7 Å². The number of aromatic nitrogens is 2. The summed E-state index contributed by atoms with van der Waals surface area (Å²) < 4.78 is 2.01. The molecular weight excluding hydrogens is 330 g/mol. The van der Waals surface area contributed by atoms with E-state index in [9.17, 15) is 0 Å². The number of hydrogen-bond acceptors (Lipinski definition) is 2. The van der Waals surface area contributed by atoms with Crippen molar-refractivity contribution >= 4 is 5.82 Å². The van der Waals surface area contributed by atoms with Crippen molar-refractivity contribution in [2.75, 3.05) is 0 Å². The second-order valence-electron chi connectivity index (χ2n) is 7.07. The fourth-order valence-electron chi connectivity index (χ4n) is 3.17. The highest BCUT2D eigenvalue weighted by Crippen LogP contribution is 2.15. The van der Waals surface area contributed by atoms with E-state index in [1.807, 2.05) is 10.9 Å². The smallest absolute Gasteiger partial charge is 0.124 e. The van der Waals surface area contributed by atoms with Crippen molar-refractivity contribution in [3.63, 3.8) is 0 Å². The predicted octanol–water partition coefficient (Wildman–Crippen LogP) is 5.20. The number of benzene rings is 2. The third kappa shape index (κ3) is 4.68. The average molecular weight is 360 g/mol. The van der Waals surface area contributed by atoms with Gasteiger partial charge >= 0.3 is 0 Å². The Labute approximate surface area is 162 Å². The van der Waals surface area contributed by atoms with Gasteiger partial charge in [0.15, 0.2) is 0 Å². The van der Waals surface area contributed by atoms with Gasteiger partial charge < -0.3 is 5.32 Å². The van der Waals surface area contributed by atoms with Crippen LogP contribution in [0.3, 0.4) is 0 Å². The molecule has 0 spiro atoms. The average Bonchev–Trinajstić information content (AvgIpc) is 3.02. The largest absolute Gasteiger partial charge is 0.366 e. The number of rotatable bonds is 7. The highest BCUT2D eigenvalue weighted by molar-refractivity contribution is 5.46. The van der Waals surface area contributed by atoms with Gasteiger partial charge in [0.25, 0.3) is 0 Å². The molecule has 1 heterocycles. The van der Waals surface area contributed by atoms with E-state index in [1.165, 1.54) is 33.5 Å². The molecule has 0 aliphatic carbocycles. The van der Waals surface area contributed by atoms with Gasteiger partial charge in [0, 0.05) is 12.2 Å². The van der Waals surface area contributed by atoms with Crippen LogP contribution in [0, 0.1) is 20.8 Å². The normalized spacial score (nSPS) is 11.6. The molecule has 0 radical (unpaired) electrons. The van der Waals surface area contributed by atoms with Crippen LogP contribution in [0.5, 0.6) is 0 Å². The van der Waals surface area contributed by atoms with Gasteiger partial charge in [-0.3, -0.25) is 0 Å². The summed E-state index contributed by atoms with van der Waals surface area (Å²) in [5.74, 6) is 1.03. The Morgan fingerprint density at radius 2 is 1.78 bits per heavy atom. The lowest BCUT2D eigenvalue weighted by Crippen LogP contribution is -2.19. The van der Waals surface area contributed by atoms with Crippen molar-refractivity contribution in [2.24, 2.45) is 0 Å². The van der Waals surface area contributed by atoms with Crippen molar-refractivity contribution in [3.05, 3.63) is 94.3 Å². The molecule has 3 nitrogen and oxygen atoms in total.